The lowest BCUT2D eigenvalue weighted by Gasteiger charge is -2.05. The average Bonchev–Trinajstić information content (AvgIpc) is 2.39. The number of aryl methyl sites for hydroxylation is 1. The molecule has 0 fully saturated rings. The number of hydrogen-bond acceptors (Lipinski definition) is 2. The van der Waals surface area contributed by atoms with E-state index in [1.807, 2.05) is 36.5 Å². The minimum absolute atomic E-state index is 0.556. The van der Waals surface area contributed by atoms with E-state index in [1.54, 1.807) is 0 Å². The molecule has 0 atom stereocenters. The lowest BCUT2D eigenvalue weighted by Crippen LogP contribution is -2.19. The summed E-state index contributed by atoms with van der Waals surface area (Å²) in [5.74, 6) is 0. The average molecular weight is 241 g/mol. The largest absolute Gasteiger partial charge is 0.351 e. The Morgan fingerprint density at radius 1 is 1.22 bits per heavy atom. The first-order valence-corrected chi connectivity index (χ1v) is 5.81. The lowest BCUT2D eigenvalue weighted by molar-refractivity contribution is 0.259. The van der Waals surface area contributed by atoms with E-state index in [2.05, 4.69) is 23.3 Å². The molecule has 0 aliphatic rings. The molecule has 18 heavy (non-hydrogen) atoms. The molecule has 2 amide bonds. The Bertz CT molecular complexity index is 549. The van der Waals surface area contributed by atoms with Crippen molar-refractivity contribution in [1.82, 2.24) is 4.98 Å². The zero-order chi connectivity index (χ0) is 13.0. The molecule has 0 saturated heterocycles. The summed E-state index contributed by atoms with van der Waals surface area (Å²) >= 11 is 0. The highest BCUT2D eigenvalue weighted by molar-refractivity contribution is 5.88. The summed E-state index contributed by atoms with van der Waals surface area (Å²) in [6, 6.07) is 11.0. The second-order valence-electron chi connectivity index (χ2n) is 3.96. The maximum atomic E-state index is 10.7. The number of primary amides is 1. The van der Waals surface area contributed by atoms with Gasteiger partial charge in [0.1, 0.15) is 0 Å². The number of benzene rings is 1. The molecular weight excluding hydrogens is 226 g/mol. The Kier molecular flexibility index (Phi) is 3.57. The standard InChI is InChI=1S/C14H15N3O/c1-2-12-9-11(7-8-16-12)10-3-5-13(6-4-10)17-14(15)18/h3-9H,2H2,1H3,(H3,15,17,18). The number of rotatable bonds is 3. The molecular formula is C14H15N3O. The zero-order valence-electron chi connectivity index (χ0n) is 10.2. The molecule has 1 aromatic heterocycles. The molecule has 1 aromatic carbocycles. The van der Waals surface area contributed by atoms with Crippen molar-refractivity contribution < 1.29 is 4.79 Å². The van der Waals surface area contributed by atoms with Crippen LogP contribution < -0.4 is 11.1 Å². The molecule has 1 heterocycles. The topological polar surface area (TPSA) is 68.0 Å². The molecule has 0 saturated carbocycles. The maximum Gasteiger partial charge on any atom is 0.316 e. The molecule has 3 N–H and O–H groups in total. The van der Waals surface area contributed by atoms with E-state index in [1.165, 1.54) is 0 Å². The summed E-state index contributed by atoms with van der Waals surface area (Å²) in [5, 5.41) is 2.53. The summed E-state index contributed by atoms with van der Waals surface area (Å²) in [6.07, 6.45) is 2.72. The Morgan fingerprint density at radius 2 is 1.94 bits per heavy atom. The first kappa shape index (κ1) is 12.1. The van der Waals surface area contributed by atoms with Crippen LogP contribution in [-0.4, -0.2) is 11.0 Å². The van der Waals surface area contributed by atoms with Gasteiger partial charge in [0.15, 0.2) is 0 Å². The highest BCUT2D eigenvalue weighted by atomic mass is 16.2. The number of anilines is 1. The summed E-state index contributed by atoms with van der Waals surface area (Å²) in [6.45, 7) is 2.08. The maximum absolute atomic E-state index is 10.7. The van der Waals surface area contributed by atoms with Crippen LogP contribution in [0.2, 0.25) is 0 Å². The Labute approximate surface area is 106 Å². The molecule has 4 nitrogen and oxygen atoms in total. The van der Waals surface area contributed by atoms with Crippen molar-refractivity contribution in [2.24, 2.45) is 5.73 Å². The first-order valence-electron chi connectivity index (χ1n) is 5.81. The summed E-state index contributed by atoms with van der Waals surface area (Å²) in [7, 11) is 0. The van der Waals surface area contributed by atoms with Crippen molar-refractivity contribution in [2.45, 2.75) is 13.3 Å². The number of carbonyl (C=O) groups is 1. The lowest BCUT2D eigenvalue weighted by atomic mass is 10.1. The Morgan fingerprint density at radius 3 is 2.56 bits per heavy atom. The van der Waals surface area contributed by atoms with Gasteiger partial charge in [0, 0.05) is 17.6 Å². The minimum Gasteiger partial charge on any atom is -0.351 e. The molecule has 2 rings (SSSR count). The van der Waals surface area contributed by atoms with Gasteiger partial charge < -0.3 is 11.1 Å². The minimum atomic E-state index is -0.556. The monoisotopic (exact) mass is 241 g/mol. The fourth-order valence-corrected chi connectivity index (χ4v) is 1.74. The van der Waals surface area contributed by atoms with Gasteiger partial charge in [-0.1, -0.05) is 19.1 Å². The van der Waals surface area contributed by atoms with Crippen LogP contribution >= 0.6 is 0 Å². The number of amides is 2. The predicted molar refractivity (Wildman–Crippen MR) is 72.3 cm³/mol. The second kappa shape index (κ2) is 5.31. The van der Waals surface area contributed by atoms with Gasteiger partial charge in [0.2, 0.25) is 0 Å². The number of nitrogens with two attached hydrogens (primary N) is 1. The van der Waals surface area contributed by atoms with Crippen LogP contribution in [0.15, 0.2) is 42.6 Å². The van der Waals surface area contributed by atoms with Crippen LogP contribution in [0, 0.1) is 0 Å². The van der Waals surface area contributed by atoms with E-state index >= 15 is 0 Å². The van der Waals surface area contributed by atoms with Crippen LogP contribution in [0.5, 0.6) is 0 Å². The van der Waals surface area contributed by atoms with Gasteiger partial charge in [-0.2, -0.15) is 0 Å². The molecule has 92 valence electrons. The smallest absolute Gasteiger partial charge is 0.316 e. The number of aromatic nitrogens is 1. The van der Waals surface area contributed by atoms with Crippen LogP contribution in [-0.2, 0) is 6.42 Å². The van der Waals surface area contributed by atoms with E-state index in [0.29, 0.717) is 5.69 Å². The van der Waals surface area contributed by atoms with Gasteiger partial charge >= 0.3 is 6.03 Å². The van der Waals surface area contributed by atoms with Gasteiger partial charge in [-0.15, -0.1) is 0 Å². The fraction of sp³-hybridized carbons (Fsp3) is 0.143. The van der Waals surface area contributed by atoms with E-state index < -0.39 is 6.03 Å². The first-order chi connectivity index (χ1) is 8.69. The Balaban J connectivity index is 2.25. The fourth-order valence-electron chi connectivity index (χ4n) is 1.74. The van der Waals surface area contributed by atoms with Crippen LogP contribution in [0.25, 0.3) is 11.1 Å². The van der Waals surface area contributed by atoms with E-state index in [9.17, 15) is 4.79 Å². The van der Waals surface area contributed by atoms with Crippen molar-refractivity contribution in [2.75, 3.05) is 5.32 Å². The summed E-state index contributed by atoms with van der Waals surface area (Å²) < 4.78 is 0. The molecule has 2 aromatic rings. The molecule has 0 unspecified atom stereocenters. The SMILES string of the molecule is CCc1cc(-c2ccc(NC(N)=O)cc2)ccn1. The normalized spacial score (nSPS) is 10.1. The van der Waals surface area contributed by atoms with Crippen LogP contribution in [0.4, 0.5) is 10.5 Å². The van der Waals surface area contributed by atoms with Crippen LogP contribution in [0.1, 0.15) is 12.6 Å². The molecule has 0 bridgehead atoms. The molecule has 4 heteroatoms. The van der Waals surface area contributed by atoms with Crippen molar-refractivity contribution in [3.63, 3.8) is 0 Å². The van der Waals surface area contributed by atoms with Crippen molar-refractivity contribution in [1.29, 1.82) is 0 Å². The van der Waals surface area contributed by atoms with Crippen molar-refractivity contribution in [3.8, 4) is 11.1 Å². The summed E-state index contributed by atoms with van der Waals surface area (Å²) in [5.41, 5.74) is 9.01. The molecule has 0 spiro atoms. The molecule has 0 aliphatic heterocycles. The Hall–Kier alpha value is -2.36. The third-order valence-electron chi connectivity index (χ3n) is 2.66. The second-order valence-corrected chi connectivity index (χ2v) is 3.96. The third-order valence-corrected chi connectivity index (χ3v) is 2.66. The van der Waals surface area contributed by atoms with Gasteiger partial charge in [0.05, 0.1) is 0 Å². The van der Waals surface area contributed by atoms with Gasteiger partial charge in [-0.05, 0) is 41.8 Å². The number of hydrogen-bond donors (Lipinski definition) is 2. The predicted octanol–water partition coefficient (Wildman–Crippen LogP) is 2.80. The third kappa shape index (κ3) is 2.85. The molecule has 0 radical (unpaired) electrons. The van der Waals surface area contributed by atoms with E-state index in [-0.39, 0.29) is 0 Å². The highest BCUT2D eigenvalue weighted by Gasteiger charge is 2.00. The number of nitrogens with zero attached hydrogens (tertiary/aromatic N) is 1. The van der Waals surface area contributed by atoms with Gasteiger partial charge in [0.25, 0.3) is 0 Å². The van der Waals surface area contributed by atoms with E-state index in [0.717, 1.165) is 23.2 Å². The number of pyridine rings is 1. The van der Waals surface area contributed by atoms with Crippen molar-refractivity contribution >= 4 is 11.7 Å². The number of nitrogens with one attached hydrogen (secondary N) is 1. The van der Waals surface area contributed by atoms with E-state index in [4.69, 9.17) is 5.73 Å². The number of carbonyl (C=O) groups excluding carboxylic acids is 1. The van der Waals surface area contributed by atoms with Crippen LogP contribution in [0.3, 0.4) is 0 Å². The number of urea groups is 1. The highest BCUT2D eigenvalue weighted by Crippen LogP contribution is 2.21. The van der Waals surface area contributed by atoms with Crippen molar-refractivity contribution in [3.05, 3.63) is 48.3 Å². The summed E-state index contributed by atoms with van der Waals surface area (Å²) in [4.78, 5) is 15.0. The van der Waals surface area contributed by atoms with Gasteiger partial charge in [-0.25, -0.2) is 4.79 Å². The molecule has 0 aliphatic carbocycles. The zero-order valence-corrected chi connectivity index (χ0v) is 10.2. The quantitative estimate of drug-likeness (QED) is 0.867. The van der Waals surface area contributed by atoms with Gasteiger partial charge in [-0.3, -0.25) is 4.98 Å².